The Balaban J connectivity index is 1.71. The van der Waals surface area contributed by atoms with Crippen LogP contribution in [0.1, 0.15) is 33.6 Å². The van der Waals surface area contributed by atoms with E-state index in [1.165, 1.54) is 11.3 Å². The SMILES string of the molecule is CCCN(CCC)c1nc(N2CC(NCC)C2)nc2c(F)c(-c3cccc4sc(N)nc34)c(Cl)cc12. The van der Waals surface area contributed by atoms with Crippen LogP contribution in [0.3, 0.4) is 0 Å². The molecular weight excluding hydrogens is 497 g/mol. The van der Waals surface area contributed by atoms with E-state index in [0.29, 0.717) is 44.2 Å². The third-order valence-corrected chi connectivity index (χ3v) is 7.65. The van der Waals surface area contributed by atoms with Crippen LogP contribution in [-0.4, -0.2) is 53.7 Å². The molecule has 0 aliphatic carbocycles. The number of likely N-dealkylation sites (N-methyl/N-ethyl adjacent to an activating group) is 1. The van der Waals surface area contributed by atoms with E-state index in [1.54, 1.807) is 6.07 Å². The number of hydrogen-bond acceptors (Lipinski definition) is 8. The molecule has 0 atom stereocenters. The van der Waals surface area contributed by atoms with Gasteiger partial charge in [0.15, 0.2) is 10.9 Å². The Morgan fingerprint density at radius 3 is 2.58 bits per heavy atom. The number of rotatable bonds is 9. The highest BCUT2D eigenvalue weighted by Gasteiger charge is 2.30. The molecule has 0 radical (unpaired) electrons. The molecule has 5 rings (SSSR count). The summed E-state index contributed by atoms with van der Waals surface area (Å²) in [4.78, 5) is 18.5. The lowest BCUT2D eigenvalue weighted by Gasteiger charge is -2.40. The maximum atomic E-state index is 16.4. The van der Waals surface area contributed by atoms with Gasteiger partial charge in [0.05, 0.1) is 15.2 Å². The molecule has 10 heteroatoms. The van der Waals surface area contributed by atoms with Gasteiger partial charge in [-0.2, -0.15) is 4.98 Å². The van der Waals surface area contributed by atoms with Crippen LogP contribution in [0, 0.1) is 5.82 Å². The molecule has 0 bridgehead atoms. The van der Waals surface area contributed by atoms with Gasteiger partial charge in [-0.25, -0.2) is 14.4 Å². The van der Waals surface area contributed by atoms with Gasteiger partial charge in [-0.1, -0.05) is 55.8 Å². The van der Waals surface area contributed by atoms with Crippen molar-refractivity contribution in [3.8, 4) is 11.1 Å². The van der Waals surface area contributed by atoms with Gasteiger partial charge in [-0.05, 0) is 31.5 Å². The molecule has 0 spiro atoms. The van der Waals surface area contributed by atoms with E-state index in [-0.39, 0.29) is 5.52 Å². The van der Waals surface area contributed by atoms with Crippen molar-refractivity contribution in [2.45, 2.75) is 39.7 Å². The number of benzene rings is 2. The summed E-state index contributed by atoms with van der Waals surface area (Å²) in [5.74, 6) is 0.819. The van der Waals surface area contributed by atoms with Gasteiger partial charge in [0.25, 0.3) is 0 Å². The molecule has 1 aliphatic heterocycles. The summed E-state index contributed by atoms with van der Waals surface area (Å²) >= 11 is 8.16. The first kappa shape index (κ1) is 24.9. The monoisotopic (exact) mass is 527 g/mol. The Kier molecular flexibility index (Phi) is 7.14. The summed E-state index contributed by atoms with van der Waals surface area (Å²) in [6, 6.07) is 7.82. The van der Waals surface area contributed by atoms with Crippen molar-refractivity contribution in [3.63, 3.8) is 0 Å². The number of nitrogen functional groups attached to an aromatic ring is 1. The van der Waals surface area contributed by atoms with Gasteiger partial charge in [0, 0.05) is 48.7 Å². The van der Waals surface area contributed by atoms with Crippen molar-refractivity contribution in [1.29, 1.82) is 0 Å². The minimum Gasteiger partial charge on any atom is -0.375 e. The fourth-order valence-electron chi connectivity index (χ4n) is 4.89. The maximum Gasteiger partial charge on any atom is 0.228 e. The standard InChI is InChI=1S/C26H31ClFN7S/c1-4-10-34(11-5-2)24-17-12-18(27)20(16-8-7-9-19-22(16)31-25(29)36-19)21(28)23(17)32-26(33-24)35-13-15(14-35)30-6-3/h7-9,12,15,30H,4-6,10-11,13-14H2,1-3H3,(H2,29,31). The highest BCUT2D eigenvalue weighted by Crippen LogP contribution is 2.42. The maximum absolute atomic E-state index is 16.4. The number of aromatic nitrogens is 3. The van der Waals surface area contributed by atoms with Gasteiger partial charge >= 0.3 is 0 Å². The Morgan fingerprint density at radius 1 is 1.14 bits per heavy atom. The second-order valence-electron chi connectivity index (χ2n) is 9.14. The predicted octanol–water partition coefficient (Wildman–Crippen LogP) is 5.71. The minimum absolute atomic E-state index is 0.277. The third-order valence-electron chi connectivity index (χ3n) is 6.50. The Labute approximate surface area is 219 Å². The van der Waals surface area contributed by atoms with Crippen LogP contribution < -0.4 is 20.9 Å². The van der Waals surface area contributed by atoms with E-state index >= 15 is 4.39 Å². The van der Waals surface area contributed by atoms with Gasteiger partial charge in [0.1, 0.15) is 11.3 Å². The van der Waals surface area contributed by atoms with Gasteiger partial charge < -0.3 is 20.9 Å². The number of para-hydroxylation sites is 1. The van der Waals surface area contributed by atoms with Crippen LogP contribution in [0.4, 0.5) is 21.3 Å². The molecule has 0 unspecified atom stereocenters. The molecule has 1 fully saturated rings. The molecule has 2 aromatic carbocycles. The first-order valence-corrected chi connectivity index (χ1v) is 13.7. The lowest BCUT2D eigenvalue weighted by Crippen LogP contribution is -2.58. The van der Waals surface area contributed by atoms with Crippen molar-refractivity contribution in [1.82, 2.24) is 20.3 Å². The zero-order valence-corrected chi connectivity index (χ0v) is 22.4. The number of thiazole rings is 1. The van der Waals surface area contributed by atoms with Crippen molar-refractivity contribution < 1.29 is 4.39 Å². The van der Waals surface area contributed by atoms with E-state index in [9.17, 15) is 0 Å². The van der Waals surface area contributed by atoms with E-state index in [2.05, 4.69) is 40.9 Å². The molecule has 36 heavy (non-hydrogen) atoms. The Bertz CT molecular complexity index is 1400. The van der Waals surface area contributed by atoms with E-state index < -0.39 is 5.82 Å². The third kappa shape index (κ3) is 4.44. The smallest absolute Gasteiger partial charge is 0.228 e. The molecule has 3 N–H and O–H groups in total. The second-order valence-corrected chi connectivity index (χ2v) is 10.6. The molecule has 2 aromatic heterocycles. The number of nitrogens with two attached hydrogens (primary N) is 1. The summed E-state index contributed by atoms with van der Waals surface area (Å²) in [5.41, 5.74) is 7.79. The van der Waals surface area contributed by atoms with Gasteiger partial charge in [-0.15, -0.1) is 0 Å². The topological polar surface area (TPSA) is 83.2 Å². The quantitative estimate of drug-likeness (QED) is 0.288. The van der Waals surface area contributed by atoms with Crippen LogP contribution in [0.15, 0.2) is 24.3 Å². The fraction of sp³-hybridized carbons (Fsp3) is 0.423. The molecule has 1 aliphatic rings. The zero-order chi connectivity index (χ0) is 25.4. The van der Waals surface area contributed by atoms with E-state index in [0.717, 1.165) is 56.1 Å². The molecule has 3 heterocycles. The average molecular weight is 528 g/mol. The molecule has 4 aromatic rings. The summed E-state index contributed by atoms with van der Waals surface area (Å²) in [5, 5.41) is 4.82. The highest BCUT2D eigenvalue weighted by molar-refractivity contribution is 7.22. The summed E-state index contributed by atoms with van der Waals surface area (Å²) in [6.45, 7) is 10.5. The summed E-state index contributed by atoms with van der Waals surface area (Å²) < 4.78 is 17.3. The zero-order valence-electron chi connectivity index (χ0n) is 20.8. The predicted molar refractivity (Wildman–Crippen MR) is 150 cm³/mol. The molecule has 1 saturated heterocycles. The number of anilines is 3. The lowest BCUT2D eigenvalue weighted by atomic mass is 10.0. The molecule has 0 saturated carbocycles. The van der Waals surface area contributed by atoms with Crippen LogP contribution in [0.2, 0.25) is 5.02 Å². The van der Waals surface area contributed by atoms with E-state index in [1.807, 2.05) is 18.2 Å². The largest absolute Gasteiger partial charge is 0.375 e. The van der Waals surface area contributed by atoms with Crippen molar-refractivity contribution in [3.05, 3.63) is 35.1 Å². The first-order chi connectivity index (χ1) is 17.4. The first-order valence-electron chi connectivity index (χ1n) is 12.5. The average Bonchev–Trinajstić information content (AvgIpc) is 3.22. The van der Waals surface area contributed by atoms with Crippen molar-refractivity contribution in [2.75, 3.05) is 48.3 Å². The Hall–Kier alpha value is -2.75. The van der Waals surface area contributed by atoms with Crippen molar-refractivity contribution >= 4 is 61.0 Å². The van der Waals surface area contributed by atoms with E-state index in [4.69, 9.17) is 27.3 Å². The number of fused-ring (bicyclic) bond motifs is 2. The highest BCUT2D eigenvalue weighted by atomic mass is 35.5. The second kappa shape index (κ2) is 10.3. The molecule has 190 valence electrons. The minimum atomic E-state index is -0.460. The van der Waals surface area contributed by atoms with Crippen LogP contribution in [0.5, 0.6) is 0 Å². The van der Waals surface area contributed by atoms with Gasteiger partial charge in [0.2, 0.25) is 5.95 Å². The van der Waals surface area contributed by atoms with Crippen LogP contribution in [0.25, 0.3) is 32.2 Å². The summed E-state index contributed by atoms with van der Waals surface area (Å²) in [7, 11) is 0. The Morgan fingerprint density at radius 2 is 1.89 bits per heavy atom. The molecule has 0 amide bonds. The number of nitrogens with zero attached hydrogens (tertiary/aromatic N) is 5. The molecular formula is C26H31ClFN7S. The van der Waals surface area contributed by atoms with Crippen LogP contribution in [-0.2, 0) is 0 Å². The summed E-state index contributed by atoms with van der Waals surface area (Å²) in [6.07, 6.45) is 1.91. The fourth-order valence-corrected chi connectivity index (χ4v) is 5.94. The number of nitrogens with one attached hydrogen (secondary N) is 1. The van der Waals surface area contributed by atoms with Crippen molar-refractivity contribution in [2.24, 2.45) is 0 Å². The number of hydrogen-bond donors (Lipinski definition) is 2. The number of halogens is 2. The lowest BCUT2D eigenvalue weighted by molar-refractivity contribution is 0.423. The normalized spacial score (nSPS) is 14.1. The van der Waals surface area contributed by atoms with Gasteiger partial charge in [-0.3, -0.25) is 0 Å². The van der Waals surface area contributed by atoms with Crippen LogP contribution >= 0.6 is 22.9 Å². The molecule has 7 nitrogen and oxygen atoms in total.